The summed E-state index contributed by atoms with van der Waals surface area (Å²) in [6.07, 6.45) is 0.992. The van der Waals surface area contributed by atoms with Crippen molar-refractivity contribution in [2.24, 2.45) is 0 Å². The van der Waals surface area contributed by atoms with Gasteiger partial charge in [-0.25, -0.2) is 4.79 Å². The van der Waals surface area contributed by atoms with Gasteiger partial charge in [-0.2, -0.15) is 0 Å². The van der Waals surface area contributed by atoms with E-state index in [0.717, 1.165) is 18.5 Å². The van der Waals surface area contributed by atoms with Gasteiger partial charge in [0.2, 0.25) is 0 Å². The minimum absolute atomic E-state index is 0.00848. The molecule has 5 heteroatoms. The van der Waals surface area contributed by atoms with Gasteiger partial charge in [-0.05, 0) is 42.7 Å². The van der Waals surface area contributed by atoms with E-state index in [4.69, 9.17) is 21.1 Å². The van der Waals surface area contributed by atoms with Crippen molar-refractivity contribution in [3.63, 3.8) is 0 Å². The lowest BCUT2D eigenvalue weighted by molar-refractivity contribution is -0.145. The van der Waals surface area contributed by atoms with E-state index in [1.165, 1.54) is 11.1 Å². The first kappa shape index (κ1) is 16.8. The van der Waals surface area contributed by atoms with E-state index < -0.39 is 0 Å². The molecule has 0 saturated carbocycles. The third-order valence-corrected chi connectivity index (χ3v) is 4.28. The molecular formula is C19H20ClNO3. The topological polar surface area (TPSA) is 47.6 Å². The van der Waals surface area contributed by atoms with Crippen LogP contribution in [0.15, 0.2) is 42.5 Å². The zero-order valence-electron chi connectivity index (χ0n) is 13.5. The minimum Gasteiger partial charge on any atom is -0.482 e. The number of halogens is 1. The quantitative estimate of drug-likeness (QED) is 0.842. The fraction of sp³-hybridized carbons (Fsp3) is 0.316. The van der Waals surface area contributed by atoms with Gasteiger partial charge in [-0.15, -0.1) is 0 Å². The second-order valence-electron chi connectivity index (χ2n) is 5.61. The number of carbonyl (C=O) groups excluding carboxylic acids is 1. The molecule has 0 amide bonds. The molecule has 0 aromatic heterocycles. The zero-order chi connectivity index (χ0) is 16.9. The molecule has 0 radical (unpaired) electrons. The summed E-state index contributed by atoms with van der Waals surface area (Å²) >= 11 is 6.20. The smallest absolute Gasteiger partial charge is 0.344 e. The van der Waals surface area contributed by atoms with Gasteiger partial charge in [0.25, 0.3) is 0 Å². The van der Waals surface area contributed by atoms with E-state index in [-0.39, 0.29) is 18.6 Å². The molecular weight excluding hydrogens is 326 g/mol. The Morgan fingerprint density at radius 2 is 2.08 bits per heavy atom. The Balaban J connectivity index is 1.90. The molecule has 0 aliphatic carbocycles. The monoisotopic (exact) mass is 345 g/mol. The van der Waals surface area contributed by atoms with E-state index in [1.54, 1.807) is 19.1 Å². The van der Waals surface area contributed by atoms with Crippen LogP contribution in [0, 0.1) is 0 Å². The Hall–Kier alpha value is -2.04. The second-order valence-corrected chi connectivity index (χ2v) is 6.05. The van der Waals surface area contributed by atoms with E-state index in [0.29, 0.717) is 17.4 Å². The summed E-state index contributed by atoms with van der Waals surface area (Å²) in [6.45, 7) is 2.88. The molecule has 0 saturated heterocycles. The van der Waals surface area contributed by atoms with Gasteiger partial charge in [0.15, 0.2) is 6.61 Å². The van der Waals surface area contributed by atoms with Crippen LogP contribution in [0.2, 0.25) is 5.02 Å². The number of fused-ring (bicyclic) bond motifs is 1. The first-order valence-electron chi connectivity index (χ1n) is 8.08. The average Bonchev–Trinajstić information content (AvgIpc) is 2.60. The number of rotatable bonds is 5. The van der Waals surface area contributed by atoms with Crippen molar-refractivity contribution in [1.29, 1.82) is 0 Å². The highest BCUT2D eigenvalue weighted by Gasteiger charge is 2.24. The van der Waals surface area contributed by atoms with Crippen LogP contribution in [-0.4, -0.2) is 25.7 Å². The molecule has 3 rings (SSSR count). The molecule has 126 valence electrons. The standard InChI is InChI=1S/C19H20ClNO3/c1-2-23-18(22)12-24-17-8-7-14(20)11-16(17)19-15-6-4-3-5-13(15)9-10-21-19/h3-8,11,19,21H,2,9-10,12H2,1H3/t19-/m0/s1. The van der Waals surface area contributed by atoms with Crippen LogP contribution < -0.4 is 10.1 Å². The van der Waals surface area contributed by atoms with Gasteiger partial charge in [0, 0.05) is 17.1 Å². The average molecular weight is 346 g/mol. The molecule has 1 heterocycles. The van der Waals surface area contributed by atoms with Crippen LogP contribution in [-0.2, 0) is 16.0 Å². The zero-order valence-corrected chi connectivity index (χ0v) is 14.3. The summed E-state index contributed by atoms with van der Waals surface area (Å²) in [7, 11) is 0. The molecule has 1 atom stereocenters. The SMILES string of the molecule is CCOC(=O)COc1ccc(Cl)cc1[C@H]1NCCc2ccccc21. The lowest BCUT2D eigenvalue weighted by Gasteiger charge is -2.28. The van der Waals surface area contributed by atoms with Crippen LogP contribution in [0.5, 0.6) is 5.75 Å². The maximum atomic E-state index is 11.6. The normalized spacial score (nSPS) is 16.3. The van der Waals surface area contributed by atoms with Crippen molar-refractivity contribution in [3.8, 4) is 5.75 Å². The summed E-state index contributed by atoms with van der Waals surface area (Å²) in [5, 5.41) is 4.15. The molecule has 24 heavy (non-hydrogen) atoms. The van der Waals surface area contributed by atoms with E-state index in [2.05, 4.69) is 23.5 Å². The number of benzene rings is 2. The van der Waals surface area contributed by atoms with Crippen LogP contribution in [0.3, 0.4) is 0 Å². The summed E-state index contributed by atoms with van der Waals surface area (Å²) in [4.78, 5) is 11.6. The lowest BCUT2D eigenvalue weighted by Crippen LogP contribution is -2.31. The number of hydrogen-bond acceptors (Lipinski definition) is 4. The first-order valence-corrected chi connectivity index (χ1v) is 8.46. The number of esters is 1. The molecule has 2 aromatic rings. The van der Waals surface area contributed by atoms with Crippen molar-refractivity contribution in [2.45, 2.75) is 19.4 Å². The summed E-state index contributed by atoms with van der Waals surface area (Å²) in [6, 6.07) is 13.8. The van der Waals surface area contributed by atoms with E-state index in [9.17, 15) is 4.79 Å². The van der Waals surface area contributed by atoms with E-state index >= 15 is 0 Å². The molecule has 1 aliphatic rings. The van der Waals surface area contributed by atoms with Gasteiger partial charge in [0.1, 0.15) is 5.75 Å². The Morgan fingerprint density at radius 3 is 2.92 bits per heavy atom. The second kappa shape index (κ2) is 7.69. The summed E-state index contributed by atoms with van der Waals surface area (Å²) in [5.74, 6) is 0.261. The Labute approximate surface area is 146 Å². The van der Waals surface area contributed by atoms with Crippen LogP contribution in [0.25, 0.3) is 0 Å². The molecule has 4 nitrogen and oxygen atoms in total. The third-order valence-electron chi connectivity index (χ3n) is 4.04. The molecule has 1 N–H and O–H groups in total. The number of hydrogen-bond donors (Lipinski definition) is 1. The van der Waals surface area contributed by atoms with Crippen molar-refractivity contribution in [3.05, 3.63) is 64.2 Å². The van der Waals surface area contributed by atoms with Crippen LogP contribution >= 0.6 is 11.6 Å². The van der Waals surface area contributed by atoms with Crippen molar-refractivity contribution >= 4 is 17.6 Å². The molecule has 0 unspecified atom stereocenters. The summed E-state index contributed by atoms with van der Waals surface area (Å²) in [5.41, 5.74) is 3.46. The third kappa shape index (κ3) is 3.71. The molecule has 0 fully saturated rings. The maximum Gasteiger partial charge on any atom is 0.344 e. The van der Waals surface area contributed by atoms with Crippen molar-refractivity contribution in [2.75, 3.05) is 19.8 Å². The lowest BCUT2D eigenvalue weighted by atomic mass is 9.89. The van der Waals surface area contributed by atoms with Crippen molar-refractivity contribution < 1.29 is 14.3 Å². The molecule has 1 aliphatic heterocycles. The molecule has 2 aromatic carbocycles. The maximum absolute atomic E-state index is 11.6. The highest BCUT2D eigenvalue weighted by atomic mass is 35.5. The van der Waals surface area contributed by atoms with E-state index in [1.807, 2.05) is 12.1 Å². The Kier molecular flexibility index (Phi) is 5.38. The summed E-state index contributed by atoms with van der Waals surface area (Å²) < 4.78 is 10.6. The number of nitrogens with one attached hydrogen (secondary N) is 1. The van der Waals surface area contributed by atoms with Gasteiger partial charge >= 0.3 is 5.97 Å². The largest absolute Gasteiger partial charge is 0.482 e. The van der Waals surface area contributed by atoms with Gasteiger partial charge in [-0.1, -0.05) is 35.9 Å². The fourth-order valence-electron chi connectivity index (χ4n) is 3.00. The highest BCUT2D eigenvalue weighted by molar-refractivity contribution is 6.30. The number of carbonyl (C=O) groups is 1. The highest BCUT2D eigenvalue weighted by Crippen LogP contribution is 2.35. The van der Waals surface area contributed by atoms with Crippen LogP contribution in [0.1, 0.15) is 29.7 Å². The van der Waals surface area contributed by atoms with Gasteiger partial charge in [0.05, 0.1) is 12.6 Å². The van der Waals surface area contributed by atoms with Gasteiger partial charge in [-0.3, -0.25) is 0 Å². The molecule has 0 bridgehead atoms. The first-order chi connectivity index (χ1) is 11.7. The van der Waals surface area contributed by atoms with Crippen LogP contribution in [0.4, 0.5) is 0 Å². The Bertz CT molecular complexity index is 732. The Morgan fingerprint density at radius 1 is 1.25 bits per heavy atom. The predicted octanol–water partition coefficient (Wildman–Crippen LogP) is 3.52. The number of ether oxygens (including phenoxy) is 2. The van der Waals surface area contributed by atoms with Crippen molar-refractivity contribution in [1.82, 2.24) is 5.32 Å². The molecule has 0 spiro atoms. The predicted molar refractivity (Wildman–Crippen MR) is 93.6 cm³/mol. The van der Waals surface area contributed by atoms with Gasteiger partial charge < -0.3 is 14.8 Å². The minimum atomic E-state index is -0.379. The fourth-order valence-corrected chi connectivity index (χ4v) is 3.18.